The monoisotopic (exact) mass is 403 g/mol. The Morgan fingerprint density at radius 2 is 2.04 bits per heavy atom. The van der Waals surface area contributed by atoms with E-state index in [2.05, 4.69) is 4.98 Å². The number of anilines is 1. The maximum atomic E-state index is 13.0. The number of amides is 1. The van der Waals surface area contributed by atoms with Crippen LogP contribution >= 0.6 is 11.6 Å². The van der Waals surface area contributed by atoms with Crippen molar-refractivity contribution in [2.75, 3.05) is 38.2 Å². The molecule has 1 aromatic heterocycles. The van der Waals surface area contributed by atoms with Gasteiger partial charge in [0.05, 0.1) is 18.9 Å². The molecule has 3 aliphatic rings. The van der Waals surface area contributed by atoms with E-state index < -0.39 is 0 Å². The second kappa shape index (κ2) is 6.65. The summed E-state index contributed by atoms with van der Waals surface area (Å²) in [6, 6.07) is 5.92. The molecule has 1 saturated carbocycles. The van der Waals surface area contributed by atoms with Gasteiger partial charge >= 0.3 is 5.97 Å². The Hall–Kier alpha value is -2.28. The van der Waals surface area contributed by atoms with Crippen molar-refractivity contribution in [1.29, 1.82) is 0 Å². The molecule has 28 heavy (non-hydrogen) atoms. The van der Waals surface area contributed by atoms with E-state index in [-0.39, 0.29) is 35.5 Å². The van der Waals surface area contributed by atoms with E-state index in [9.17, 15) is 9.59 Å². The lowest BCUT2D eigenvalue weighted by molar-refractivity contribution is -0.144. The minimum Gasteiger partial charge on any atom is -0.469 e. The van der Waals surface area contributed by atoms with E-state index >= 15 is 0 Å². The van der Waals surface area contributed by atoms with Crippen molar-refractivity contribution in [2.45, 2.75) is 12.8 Å². The molecule has 0 bridgehead atoms. The molecule has 148 valence electrons. The van der Waals surface area contributed by atoms with E-state index in [4.69, 9.17) is 20.8 Å². The third-order valence-electron chi connectivity index (χ3n) is 6.36. The topological polar surface area (TPSA) is 75.9 Å². The van der Waals surface area contributed by atoms with Gasteiger partial charge in [0.15, 0.2) is 5.58 Å². The van der Waals surface area contributed by atoms with Crippen LogP contribution in [0.1, 0.15) is 12.8 Å². The number of piperidine rings is 2. The standard InChI is InChI=1S/C20H22ClN3O4/c1-27-19(26)17-13-9-24(10-14(13)17)18(25)11-3-2-6-23(8-11)20-22-15-7-12(21)4-5-16(15)28-20/h4-5,7,11,13-14,17H,2-3,6,8-10H2,1H3/t11?,13-,14+,17?. The molecule has 1 aliphatic carbocycles. The summed E-state index contributed by atoms with van der Waals surface area (Å²) < 4.78 is 10.7. The van der Waals surface area contributed by atoms with Crippen LogP contribution in [-0.4, -0.2) is 55.0 Å². The number of aromatic nitrogens is 1. The zero-order chi connectivity index (χ0) is 19.4. The van der Waals surface area contributed by atoms with Crippen LogP contribution in [0.5, 0.6) is 0 Å². The zero-order valence-electron chi connectivity index (χ0n) is 15.6. The highest BCUT2D eigenvalue weighted by Crippen LogP contribution is 2.52. The number of carbonyl (C=O) groups is 2. The molecule has 2 saturated heterocycles. The number of methoxy groups -OCH3 is 1. The molecular formula is C20H22ClN3O4. The highest BCUT2D eigenvalue weighted by atomic mass is 35.5. The van der Waals surface area contributed by atoms with Crippen molar-refractivity contribution in [3.63, 3.8) is 0 Å². The predicted octanol–water partition coefficient (Wildman–Crippen LogP) is 2.58. The van der Waals surface area contributed by atoms with Gasteiger partial charge in [0.1, 0.15) is 5.52 Å². The van der Waals surface area contributed by atoms with Crippen molar-refractivity contribution in [2.24, 2.45) is 23.7 Å². The van der Waals surface area contributed by atoms with Gasteiger partial charge in [-0.15, -0.1) is 0 Å². The van der Waals surface area contributed by atoms with Crippen LogP contribution < -0.4 is 4.90 Å². The number of carbonyl (C=O) groups excluding carboxylic acids is 2. The van der Waals surface area contributed by atoms with Gasteiger partial charge in [-0.3, -0.25) is 9.59 Å². The molecule has 5 rings (SSSR count). The van der Waals surface area contributed by atoms with Crippen LogP contribution in [0.4, 0.5) is 6.01 Å². The maximum Gasteiger partial charge on any atom is 0.309 e. The second-order valence-electron chi connectivity index (χ2n) is 8.01. The van der Waals surface area contributed by atoms with E-state index in [1.165, 1.54) is 7.11 Å². The minimum atomic E-state index is -0.137. The van der Waals surface area contributed by atoms with Gasteiger partial charge in [0.25, 0.3) is 6.01 Å². The van der Waals surface area contributed by atoms with Crippen LogP contribution in [0, 0.1) is 23.7 Å². The van der Waals surface area contributed by atoms with Crippen LogP contribution in [0.25, 0.3) is 11.1 Å². The maximum absolute atomic E-state index is 13.0. The Morgan fingerprint density at radius 1 is 1.25 bits per heavy atom. The summed E-state index contributed by atoms with van der Waals surface area (Å²) in [5.41, 5.74) is 1.42. The molecule has 2 aliphatic heterocycles. The molecule has 0 radical (unpaired) electrons. The van der Waals surface area contributed by atoms with Gasteiger partial charge in [-0.2, -0.15) is 4.98 Å². The molecule has 2 unspecified atom stereocenters. The molecule has 2 aromatic rings. The molecule has 8 heteroatoms. The lowest BCUT2D eigenvalue weighted by atomic mass is 9.96. The average molecular weight is 404 g/mol. The van der Waals surface area contributed by atoms with Crippen LogP contribution in [0.3, 0.4) is 0 Å². The molecule has 1 amide bonds. The molecule has 0 spiro atoms. The summed E-state index contributed by atoms with van der Waals surface area (Å²) in [5.74, 6) is 0.516. The summed E-state index contributed by atoms with van der Waals surface area (Å²) in [6.07, 6.45) is 1.79. The van der Waals surface area contributed by atoms with Crippen LogP contribution in [0.15, 0.2) is 22.6 Å². The fraction of sp³-hybridized carbons (Fsp3) is 0.550. The van der Waals surface area contributed by atoms with Gasteiger partial charge in [-0.05, 0) is 42.9 Å². The highest BCUT2D eigenvalue weighted by molar-refractivity contribution is 6.31. The normalized spacial score (nSPS) is 29.1. The van der Waals surface area contributed by atoms with Crippen molar-refractivity contribution >= 4 is 40.6 Å². The third kappa shape index (κ3) is 2.92. The first-order valence-corrected chi connectivity index (χ1v) is 10.1. The molecule has 7 nitrogen and oxygen atoms in total. The van der Waals surface area contributed by atoms with Crippen molar-refractivity contribution < 1.29 is 18.7 Å². The Kier molecular flexibility index (Phi) is 4.23. The first-order chi connectivity index (χ1) is 13.5. The molecule has 1 aromatic carbocycles. The molecule has 0 N–H and O–H groups in total. The first kappa shape index (κ1) is 17.8. The number of benzene rings is 1. The number of hydrogen-bond acceptors (Lipinski definition) is 6. The van der Waals surface area contributed by atoms with E-state index in [0.717, 1.165) is 24.9 Å². The smallest absolute Gasteiger partial charge is 0.309 e. The van der Waals surface area contributed by atoms with Crippen molar-refractivity contribution in [1.82, 2.24) is 9.88 Å². The Morgan fingerprint density at radius 3 is 2.79 bits per heavy atom. The predicted molar refractivity (Wildman–Crippen MR) is 103 cm³/mol. The zero-order valence-corrected chi connectivity index (χ0v) is 16.4. The number of halogens is 1. The Labute approximate surface area is 167 Å². The van der Waals surface area contributed by atoms with Crippen molar-refractivity contribution in [3.8, 4) is 0 Å². The van der Waals surface area contributed by atoms with Gasteiger partial charge in [0, 0.05) is 31.2 Å². The van der Waals surface area contributed by atoms with Crippen LogP contribution in [-0.2, 0) is 14.3 Å². The number of hydrogen-bond donors (Lipinski definition) is 0. The van der Waals surface area contributed by atoms with Gasteiger partial charge in [-0.25, -0.2) is 0 Å². The van der Waals surface area contributed by atoms with E-state index in [1.807, 2.05) is 15.9 Å². The quantitative estimate of drug-likeness (QED) is 0.733. The van der Waals surface area contributed by atoms with Crippen molar-refractivity contribution in [3.05, 3.63) is 23.2 Å². The number of fused-ring (bicyclic) bond motifs is 2. The summed E-state index contributed by atoms with van der Waals surface area (Å²) in [5, 5.41) is 0.622. The summed E-state index contributed by atoms with van der Waals surface area (Å²) in [4.78, 5) is 33.2. The number of rotatable bonds is 3. The number of oxazole rings is 1. The number of nitrogens with zero attached hydrogens (tertiary/aromatic N) is 3. The Bertz CT molecular complexity index is 933. The SMILES string of the molecule is COC(=O)C1[C@H]2CN(C(=O)C3CCCN(c4nc5cc(Cl)ccc5o4)C3)C[C@@H]12. The molecule has 3 fully saturated rings. The number of esters is 1. The number of ether oxygens (including phenoxy) is 1. The lowest BCUT2D eigenvalue weighted by Crippen LogP contribution is -2.45. The molecule has 3 heterocycles. The van der Waals surface area contributed by atoms with Gasteiger partial charge in [0.2, 0.25) is 5.91 Å². The van der Waals surface area contributed by atoms with Gasteiger partial charge < -0.3 is 19.0 Å². The van der Waals surface area contributed by atoms with E-state index in [0.29, 0.717) is 36.3 Å². The largest absolute Gasteiger partial charge is 0.469 e. The molecular weight excluding hydrogens is 382 g/mol. The lowest BCUT2D eigenvalue weighted by Gasteiger charge is -2.33. The fourth-order valence-corrected chi connectivity index (χ4v) is 4.99. The van der Waals surface area contributed by atoms with Gasteiger partial charge in [-0.1, -0.05) is 11.6 Å². The summed E-state index contributed by atoms with van der Waals surface area (Å²) in [7, 11) is 1.43. The Balaban J connectivity index is 1.24. The molecule has 4 atom stereocenters. The summed E-state index contributed by atoms with van der Waals surface area (Å²) >= 11 is 6.03. The fourth-order valence-electron chi connectivity index (χ4n) is 4.83. The summed E-state index contributed by atoms with van der Waals surface area (Å²) in [6.45, 7) is 2.76. The highest BCUT2D eigenvalue weighted by Gasteiger charge is 2.61. The van der Waals surface area contributed by atoms with Crippen LogP contribution in [0.2, 0.25) is 5.02 Å². The number of likely N-dealkylation sites (tertiary alicyclic amines) is 1. The minimum absolute atomic E-state index is 0.0107. The first-order valence-electron chi connectivity index (χ1n) is 9.73. The third-order valence-corrected chi connectivity index (χ3v) is 6.59. The average Bonchev–Trinajstić information content (AvgIpc) is 3.06. The second-order valence-corrected chi connectivity index (χ2v) is 8.45. The van der Waals surface area contributed by atoms with E-state index in [1.54, 1.807) is 12.1 Å².